The lowest BCUT2D eigenvalue weighted by molar-refractivity contribution is 0.601. The molecule has 0 radical (unpaired) electrons. The first-order chi connectivity index (χ1) is 11.4. The molecular formula is C17H16N2O3S2. The number of allylic oxidation sites excluding steroid dienone is 1. The van der Waals surface area contributed by atoms with Crippen molar-refractivity contribution in [2.45, 2.75) is 18.4 Å². The number of aryl methyl sites for hydroxylation is 1. The van der Waals surface area contributed by atoms with E-state index in [1.54, 1.807) is 53.1 Å². The molecule has 0 fully saturated rings. The van der Waals surface area contributed by atoms with Crippen molar-refractivity contribution in [3.05, 3.63) is 70.4 Å². The van der Waals surface area contributed by atoms with Crippen molar-refractivity contribution >= 4 is 37.3 Å². The van der Waals surface area contributed by atoms with E-state index in [1.807, 2.05) is 6.92 Å². The molecule has 3 rings (SSSR count). The number of thiazole rings is 1. The molecule has 7 heteroatoms. The van der Waals surface area contributed by atoms with Gasteiger partial charge in [0.2, 0.25) is 0 Å². The number of fused-ring (bicyclic) bond motifs is 1. The number of rotatable bonds is 5. The van der Waals surface area contributed by atoms with Crippen LogP contribution in [0.4, 0.5) is 5.69 Å². The van der Waals surface area contributed by atoms with Gasteiger partial charge < -0.3 is 0 Å². The van der Waals surface area contributed by atoms with E-state index in [-0.39, 0.29) is 9.77 Å². The predicted octanol–water partition coefficient (Wildman–Crippen LogP) is 3.36. The van der Waals surface area contributed by atoms with Gasteiger partial charge in [0.15, 0.2) is 0 Å². The van der Waals surface area contributed by atoms with Crippen LogP contribution in [0.5, 0.6) is 0 Å². The third kappa shape index (κ3) is 3.13. The van der Waals surface area contributed by atoms with Crippen molar-refractivity contribution < 1.29 is 8.42 Å². The molecule has 1 N–H and O–H groups in total. The van der Waals surface area contributed by atoms with Gasteiger partial charge in [-0.05, 0) is 37.3 Å². The third-order valence-corrected chi connectivity index (χ3v) is 5.90. The Morgan fingerprint density at radius 1 is 1.21 bits per heavy atom. The summed E-state index contributed by atoms with van der Waals surface area (Å²) in [5.41, 5.74) is 2.18. The van der Waals surface area contributed by atoms with Crippen LogP contribution in [0.25, 0.3) is 10.2 Å². The smallest absolute Gasteiger partial charge is 0.295 e. The van der Waals surface area contributed by atoms with Crippen LogP contribution < -0.4 is 9.60 Å². The highest BCUT2D eigenvalue weighted by molar-refractivity contribution is 7.92. The SMILES string of the molecule is C=CCn1c(=O)sc2cc(NS(=O)(=O)c3ccc(C)cc3)ccc21. The summed E-state index contributed by atoms with van der Waals surface area (Å²) < 4.78 is 29.8. The number of benzene rings is 2. The fourth-order valence-corrected chi connectivity index (χ4v) is 4.35. The average Bonchev–Trinajstić information content (AvgIpc) is 2.83. The summed E-state index contributed by atoms with van der Waals surface area (Å²) in [7, 11) is -3.66. The van der Waals surface area contributed by atoms with Crippen LogP contribution in [0, 0.1) is 6.92 Å². The minimum Gasteiger partial charge on any atom is -0.295 e. The zero-order valence-electron chi connectivity index (χ0n) is 13.0. The molecule has 5 nitrogen and oxygen atoms in total. The lowest BCUT2D eigenvalue weighted by atomic mass is 10.2. The Kier molecular flexibility index (Phi) is 4.29. The van der Waals surface area contributed by atoms with Crippen molar-refractivity contribution in [2.24, 2.45) is 0 Å². The van der Waals surface area contributed by atoms with Crippen molar-refractivity contribution in [3.63, 3.8) is 0 Å². The Labute approximate surface area is 143 Å². The highest BCUT2D eigenvalue weighted by Gasteiger charge is 2.15. The van der Waals surface area contributed by atoms with Crippen molar-refractivity contribution in [1.29, 1.82) is 0 Å². The molecule has 24 heavy (non-hydrogen) atoms. The molecule has 1 heterocycles. The van der Waals surface area contributed by atoms with Crippen LogP contribution in [0.2, 0.25) is 0 Å². The maximum absolute atomic E-state index is 12.4. The molecule has 1 aromatic heterocycles. The molecule has 0 aliphatic carbocycles. The molecule has 0 saturated carbocycles. The van der Waals surface area contributed by atoms with E-state index in [9.17, 15) is 13.2 Å². The Hall–Kier alpha value is -2.38. The normalized spacial score (nSPS) is 11.5. The monoisotopic (exact) mass is 360 g/mol. The molecule has 0 aliphatic rings. The summed E-state index contributed by atoms with van der Waals surface area (Å²) in [4.78, 5) is 12.1. The molecule has 0 amide bonds. The maximum atomic E-state index is 12.4. The lowest BCUT2D eigenvalue weighted by Crippen LogP contribution is -2.13. The summed E-state index contributed by atoms with van der Waals surface area (Å²) in [6.07, 6.45) is 1.65. The zero-order chi connectivity index (χ0) is 17.3. The third-order valence-electron chi connectivity index (χ3n) is 3.56. The van der Waals surface area contributed by atoms with Crippen molar-refractivity contribution in [3.8, 4) is 0 Å². The van der Waals surface area contributed by atoms with Crippen LogP contribution >= 0.6 is 11.3 Å². The molecule has 124 valence electrons. The van der Waals surface area contributed by atoms with E-state index in [4.69, 9.17) is 0 Å². The molecule has 2 aromatic carbocycles. The van der Waals surface area contributed by atoms with E-state index in [0.29, 0.717) is 12.2 Å². The summed E-state index contributed by atoms with van der Waals surface area (Å²) in [6, 6.07) is 11.7. The first kappa shape index (κ1) is 16.5. The average molecular weight is 360 g/mol. The van der Waals surface area contributed by atoms with Gasteiger partial charge in [0.25, 0.3) is 10.0 Å². The van der Waals surface area contributed by atoms with Gasteiger partial charge in [-0.2, -0.15) is 0 Å². The number of sulfonamides is 1. The molecule has 0 aliphatic heterocycles. The number of hydrogen-bond acceptors (Lipinski definition) is 4. The van der Waals surface area contributed by atoms with Crippen LogP contribution in [0.15, 0.2) is 64.8 Å². The molecule has 0 atom stereocenters. The quantitative estimate of drug-likeness (QED) is 0.710. The van der Waals surface area contributed by atoms with E-state index in [1.165, 1.54) is 0 Å². The molecule has 0 unspecified atom stereocenters. The van der Waals surface area contributed by atoms with E-state index < -0.39 is 10.0 Å². The van der Waals surface area contributed by atoms with Gasteiger partial charge in [0, 0.05) is 6.54 Å². The molecule has 0 saturated heterocycles. The summed E-state index contributed by atoms with van der Waals surface area (Å²) >= 11 is 1.08. The zero-order valence-corrected chi connectivity index (χ0v) is 14.7. The summed E-state index contributed by atoms with van der Waals surface area (Å²) in [5.74, 6) is 0. The Balaban J connectivity index is 1.97. The minimum atomic E-state index is -3.66. The van der Waals surface area contributed by atoms with Crippen LogP contribution in [0.1, 0.15) is 5.56 Å². The Morgan fingerprint density at radius 2 is 1.92 bits per heavy atom. The molecule has 0 spiro atoms. The lowest BCUT2D eigenvalue weighted by Gasteiger charge is -2.08. The van der Waals surface area contributed by atoms with Crippen LogP contribution in [-0.4, -0.2) is 13.0 Å². The number of hydrogen-bond donors (Lipinski definition) is 1. The largest absolute Gasteiger partial charge is 0.308 e. The first-order valence-electron chi connectivity index (χ1n) is 7.24. The Morgan fingerprint density at radius 3 is 2.58 bits per heavy atom. The highest BCUT2D eigenvalue weighted by atomic mass is 32.2. The highest BCUT2D eigenvalue weighted by Crippen LogP contribution is 2.24. The fourth-order valence-electron chi connectivity index (χ4n) is 2.36. The molecular weight excluding hydrogens is 344 g/mol. The number of nitrogens with one attached hydrogen (secondary N) is 1. The Bertz CT molecular complexity index is 1060. The summed E-state index contributed by atoms with van der Waals surface area (Å²) in [5, 5.41) is 0. The fraction of sp³-hybridized carbons (Fsp3) is 0.118. The molecule has 3 aromatic rings. The predicted molar refractivity (Wildman–Crippen MR) is 98.3 cm³/mol. The van der Waals surface area contributed by atoms with Gasteiger partial charge in [0.05, 0.1) is 20.8 Å². The second-order valence-corrected chi connectivity index (χ2v) is 8.04. The maximum Gasteiger partial charge on any atom is 0.308 e. The van der Waals surface area contributed by atoms with Crippen molar-refractivity contribution in [2.75, 3.05) is 4.72 Å². The topological polar surface area (TPSA) is 68.2 Å². The van der Waals surface area contributed by atoms with E-state index in [2.05, 4.69) is 11.3 Å². The van der Waals surface area contributed by atoms with E-state index in [0.717, 1.165) is 27.1 Å². The number of aromatic nitrogens is 1. The first-order valence-corrected chi connectivity index (χ1v) is 9.54. The standard InChI is InChI=1S/C17H16N2O3S2/c1-3-10-19-15-9-6-13(11-16(15)23-17(19)20)18-24(21,22)14-7-4-12(2)5-8-14/h3-9,11,18H,1,10H2,2H3. The van der Waals surface area contributed by atoms with Gasteiger partial charge in [0.1, 0.15) is 0 Å². The van der Waals surface area contributed by atoms with Gasteiger partial charge >= 0.3 is 4.87 Å². The molecule has 0 bridgehead atoms. The minimum absolute atomic E-state index is 0.0940. The van der Waals surface area contributed by atoms with Gasteiger partial charge in [-0.1, -0.05) is 35.1 Å². The van der Waals surface area contributed by atoms with Gasteiger partial charge in [-0.15, -0.1) is 6.58 Å². The van der Waals surface area contributed by atoms with E-state index >= 15 is 0 Å². The number of anilines is 1. The second-order valence-electron chi connectivity index (χ2n) is 5.37. The van der Waals surface area contributed by atoms with Crippen molar-refractivity contribution in [1.82, 2.24) is 4.57 Å². The van der Waals surface area contributed by atoms with Gasteiger partial charge in [-0.3, -0.25) is 14.1 Å². The second kappa shape index (κ2) is 6.26. The van der Waals surface area contributed by atoms with Gasteiger partial charge in [-0.25, -0.2) is 8.42 Å². The summed E-state index contributed by atoms with van der Waals surface area (Å²) in [6.45, 7) is 5.96. The number of nitrogens with zero attached hydrogens (tertiary/aromatic N) is 1. The van der Waals surface area contributed by atoms with Crippen LogP contribution in [-0.2, 0) is 16.6 Å². The van der Waals surface area contributed by atoms with Crippen LogP contribution in [0.3, 0.4) is 0 Å².